The number of carbonyl (C=O) groups excluding carboxylic acids is 1. The van der Waals surface area contributed by atoms with Crippen molar-refractivity contribution in [2.75, 3.05) is 5.32 Å². The van der Waals surface area contributed by atoms with Crippen molar-refractivity contribution in [1.82, 2.24) is 0 Å². The minimum absolute atomic E-state index is 0.128. The molecule has 0 saturated carbocycles. The minimum Gasteiger partial charge on any atom is -0.322 e. The number of aryl methyl sites for hydroxylation is 2. The summed E-state index contributed by atoms with van der Waals surface area (Å²) in [5.41, 5.74) is 3.78. The third kappa shape index (κ3) is 3.45. The molecule has 0 spiro atoms. The predicted molar refractivity (Wildman–Crippen MR) is 85.7 cm³/mol. The quantitative estimate of drug-likeness (QED) is 0.770. The van der Waals surface area contributed by atoms with E-state index in [1.807, 2.05) is 44.2 Å². The molecule has 0 saturated heterocycles. The van der Waals surface area contributed by atoms with Crippen LogP contribution < -0.4 is 5.32 Å². The van der Waals surface area contributed by atoms with E-state index in [4.69, 9.17) is 0 Å². The Hall–Kier alpha value is -1.13. The van der Waals surface area contributed by atoms with Gasteiger partial charge in [0.1, 0.15) is 0 Å². The van der Waals surface area contributed by atoms with Crippen LogP contribution in [0.1, 0.15) is 21.5 Å². The Morgan fingerprint density at radius 2 is 1.74 bits per heavy atom. The van der Waals surface area contributed by atoms with Gasteiger partial charge in [0, 0.05) is 14.6 Å². The zero-order chi connectivity index (χ0) is 14.0. The van der Waals surface area contributed by atoms with Gasteiger partial charge in [0.15, 0.2) is 0 Å². The first-order chi connectivity index (χ1) is 8.97. The standard InChI is InChI=1S/C15H13Br2NO/c1-9-3-5-12(7-10(9)2)18-15(19)13-8-11(16)4-6-14(13)17/h3-8H,1-2H3,(H,18,19). The van der Waals surface area contributed by atoms with Gasteiger partial charge >= 0.3 is 0 Å². The van der Waals surface area contributed by atoms with Crippen LogP contribution in [0.15, 0.2) is 45.3 Å². The van der Waals surface area contributed by atoms with Crippen LogP contribution in [-0.2, 0) is 0 Å². The molecule has 0 aliphatic carbocycles. The summed E-state index contributed by atoms with van der Waals surface area (Å²) < 4.78 is 1.65. The van der Waals surface area contributed by atoms with Crippen LogP contribution in [0.2, 0.25) is 0 Å². The first-order valence-electron chi connectivity index (χ1n) is 5.81. The average Bonchev–Trinajstić information content (AvgIpc) is 2.36. The Kier molecular flexibility index (Phi) is 4.42. The van der Waals surface area contributed by atoms with Gasteiger partial charge in [0.2, 0.25) is 0 Å². The van der Waals surface area contributed by atoms with Crippen molar-refractivity contribution in [1.29, 1.82) is 0 Å². The van der Waals surface area contributed by atoms with Gasteiger partial charge in [-0.3, -0.25) is 4.79 Å². The van der Waals surface area contributed by atoms with Gasteiger partial charge in [-0.05, 0) is 71.2 Å². The number of rotatable bonds is 2. The lowest BCUT2D eigenvalue weighted by atomic mass is 10.1. The molecule has 0 bridgehead atoms. The summed E-state index contributed by atoms with van der Waals surface area (Å²) in [5, 5.41) is 2.90. The zero-order valence-corrected chi connectivity index (χ0v) is 13.8. The number of hydrogen-bond donors (Lipinski definition) is 1. The molecule has 19 heavy (non-hydrogen) atoms. The van der Waals surface area contributed by atoms with Gasteiger partial charge < -0.3 is 5.32 Å². The van der Waals surface area contributed by atoms with Crippen LogP contribution in [0.5, 0.6) is 0 Å². The van der Waals surface area contributed by atoms with E-state index in [0.29, 0.717) is 5.56 Å². The van der Waals surface area contributed by atoms with E-state index >= 15 is 0 Å². The zero-order valence-electron chi connectivity index (χ0n) is 10.6. The maximum absolute atomic E-state index is 12.2. The Morgan fingerprint density at radius 1 is 1.00 bits per heavy atom. The number of hydrogen-bond acceptors (Lipinski definition) is 1. The summed E-state index contributed by atoms with van der Waals surface area (Å²) in [4.78, 5) is 12.2. The highest BCUT2D eigenvalue weighted by Gasteiger charge is 2.11. The summed E-state index contributed by atoms with van der Waals surface area (Å²) in [6.07, 6.45) is 0. The number of anilines is 1. The molecule has 0 unspecified atom stereocenters. The number of halogens is 2. The molecule has 2 nitrogen and oxygen atoms in total. The SMILES string of the molecule is Cc1ccc(NC(=O)c2cc(Br)ccc2Br)cc1C. The highest BCUT2D eigenvalue weighted by molar-refractivity contribution is 9.11. The molecular formula is C15H13Br2NO. The number of benzene rings is 2. The fourth-order valence-corrected chi connectivity index (χ4v) is 2.48. The smallest absolute Gasteiger partial charge is 0.256 e. The van der Waals surface area contributed by atoms with E-state index in [9.17, 15) is 4.79 Å². The van der Waals surface area contributed by atoms with E-state index in [2.05, 4.69) is 37.2 Å². The first kappa shape index (κ1) is 14.3. The molecule has 0 aliphatic rings. The van der Waals surface area contributed by atoms with E-state index < -0.39 is 0 Å². The molecule has 0 heterocycles. The molecule has 2 rings (SSSR count). The van der Waals surface area contributed by atoms with Gasteiger partial charge in [-0.15, -0.1) is 0 Å². The average molecular weight is 383 g/mol. The summed E-state index contributed by atoms with van der Waals surface area (Å²) >= 11 is 6.76. The lowest BCUT2D eigenvalue weighted by molar-refractivity contribution is 0.102. The van der Waals surface area contributed by atoms with Crippen LogP contribution in [0.25, 0.3) is 0 Å². The molecule has 0 atom stereocenters. The Balaban J connectivity index is 2.25. The van der Waals surface area contributed by atoms with Crippen LogP contribution in [0.3, 0.4) is 0 Å². The Labute approximate surface area is 129 Å². The monoisotopic (exact) mass is 381 g/mol. The second-order valence-electron chi connectivity index (χ2n) is 4.38. The number of nitrogens with one attached hydrogen (secondary N) is 1. The van der Waals surface area contributed by atoms with Gasteiger partial charge in [0.25, 0.3) is 5.91 Å². The van der Waals surface area contributed by atoms with Crippen molar-refractivity contribution < 1.29 is 4.79 Å². The van der Waals surface area contributed by atoms with Crippen molar-refractivity contribution in [3.05, 3.63) is 62.0 Å². The van der Waals surface area contributed by atoms with Crippen LogP contribution >= 0.6 is 31.9 Å². The van der Waals surface area contributed by atoms with Gasteiger partial charge in [-0.1, -0.05) is 22.0 Å². The second-order valence-corrected chi connectivity index (χ2v) is 6.15. The highest BCUT2D eigenvalue weighted by atomic mass is 79.9. The molecule has 2 aromatic carbocycles. The lowest BCUT2D eigenvalue weighted by Crippen LogP contribution is -2.12. The normalized spacial score (nSPS) is 10.3. The maximum Gasteiger partial charge on any atom is 0.256 e. The molecule has 98 valence electrons. The minimum atomic E-state index is -0.128. The van der Waals surface area contributed by atoms with Crippen molar-refractivity contribution in [3.8, 4) is 0 Å². The van der Waals surface area contributed by atoms with E-state index in [1.165, 1.54) is 5.56 Å². The summed E-state index contributed by atoms with van der Waals surface area (Å²) in [6.45, 7) is 4.08. The summed E-state index contributed by atoms with van der Waals surface area (Å²) in [5.74, 6) is -0.128. The molecule has 1 N–H and O–H groups in total. The molecule has 4 heteroatoms. The summed E-state index contributed by atoms with van der Waals surface area (Å²) in [6, 6.07) is 11.4. The third-order valence-electron chi connectivity index (χ3n) is 2.94. The van der Waals surface area contributed by atoms with Crippen molar-refractivity contribution in [2.45, 2.75) is 13.8 Å². The van der Waals surface area contributed by atoms with Crippen LogP contribution in [0, 0.1) is 13.8 Å². The van der Waals surface area contributed by atoms with Crippen molar-refractivity contribution in [2.24, 2.45) is 0 Å². The van der Waals surface area contributed by atoms with Crippen molar-refractivity contribution in [3.63, 3.8) is 0 Å². The number of carbonyl (C=O) groups is 1. The fraction of sp³-hybridized carbons (Fsp3) is 0.133. The molecule has 2 aromatic rings. The van der Waals surface area contributed by atoms with Gasteiger partial charge in [-0.2, -0.15) is 0 Å². The van der Waals surface area contributed by atoms with E-state index in [0.717, 1.165) is 20.2 Å². The second kappa shape index (κ2) is 5.88. The molecule has 0 fully saturated rings. The third-order valence-corrected chi connectivity index (χ3v) is 4.12. The lowest BCUT2D eigenvalue weighted by Gasteiger charge is -2.09. The van der Waals surface area contributed by atoms with Crippen molar-refractivity contribution >= 4 is 43.5 Å². The highest BCUT2D eigenvalue weighted by Crippen LogP contribution is 2.23. The number of amides is 1. The first-order valence-corrected chi connectivity index (χ1v) is 7.39. The summed E-state index contributed by atoms with van der Waals surface area (Å²) in [7, 11) is 0. The molecule has 0 aromatic heterocycles. The Morgan fingerprint density at radius 3 is 2.42 bits per heavy atom. The van der Waals surface area contributed by atoms with E-state index in [1.54, 1.807) is 6.07 Å². The molecule has 0 radical (unpaired) electrons. The van der Waals surface area contributed by atoms with Crippen LogP contribution in [-0.4, -0.2) is 5.91 Å². The molecular weight excluding hydrogens is 370 g/mol. The largest absolute Gasteiger partial charge is 0.322 e. The predicted octanol–water partition coefficient (Wildman–Crippen LogP) is 5.08. The van der Waals surface area contributed by atoms with Crippen LogP contribution in [0.4, 0.5) is 5.69 Å². The Bertz CT molecular complexity index is 638. The van der Waals surface area contributed by atoms with E-state index in [-0.39, 0.29) is 5.91 Å². The fourth-order valence-electron chi connectivity index (χ4n) is 1.69. The van der Waals surface area contributed by atoms with Gasteiger partial charge in [-0.25, -0.2) is 0 Å². The molecule has 1 amide bonds. The maximum atomic E-state index is 12.2. The molecule has 0 aliphatic heterocycles. The van der Waals surface area contributed by atoms with Gasteiger partial charge in [0.05, 0.1) is 5.56 Å². The topological polar surface area (TPSA) is 29.1 Å².